The van der Waals surface area contributed by atoms with E-state index in [4.69, 9.17) is 0 Å². The van der Waals surface area contributed by atoms with Crippen LogP contribution in [0.2, 0.25) is 0 Å². The van der Waals surface area contributed by atoms with Crippen molar-refractivity contribution in [3.8, 4) is 0 Å². The van der Waals surface area contributed by atoms with E-state index in [0.29, 0.717) is 51.9 Å². The Morgan fingerprint density at radius 1 is 0.536 bits per heavy atom. The molecular formula is C20H30N2O6. The minimum Gasteiger partial charge on any atom is -0.481 e. The van der Waals surface area contributed by atoms with E-state index in [1.165, 1.54) is 0 Å². The number of piperazine rings is 1. The second-order valence-electron chi connectivity index (χ2n) is 8.32. The van der Waals surface area contributed by atoms with Gasteiger partial charge in [0.1, 0.15) is 0 Å². The summed E-state index contributed by atoms with van der Waals surface area (Å²) in [6.45, 7) is 1.55. The van der Waals surface area contributed by atoms with Gasteiger partial charge in [-0.25, -0.2) is 0 Å². The molecule has 3 fully saturated rings. The molecule has 4 atom stereocenters. The van der Waals surface area contributed by atoms with Gasteiger partial charge in [-0.2, -0.15) is 0 Å². The zero-order chi connectivity index (χ0) is 20.3. The minimum absolute atomic E-state index is 0.111. The molecule has 0 aromatic rings. The number of aliphatic carboxylic acids is 2. The fourth-order valence-electron chi connectivity index (χ4n) is 5.06. The number of carboxylic acid groups (broad SMARTS) is 2. The van der Waals surface area contributed by atoms with Crippen LogP contribution in [0.15, 0.2) is 0 Å². The normalized spacial score (nSPS) is 31.3. The Balaban J connectivity index is 1.57. The van der Waals surface area contributed by atoms with Gasteiger partial charge in [0.25, 0.3) is 0 Å². The maximum Gasteiger partial charge on any atom is 0.307 e. The van der Waals surface area contributed by atoms with Crippen LogP contribution in [0.25, 0.3) is 0 Å². The second kappa shape index (κ2) is 8.92. The van der Waals surface area contributed by atoms with E-state index in [1.54, 1.807) is 9.80 Å². The zero-order valence-electron chi connectivity index (χ0n) is 16.2. The van der Waals surface area contributed by atoms with Gasteiger partial charge in [-0.3, -0.25) is 19.2 Å². The van der Waals surface area contributed by atoms with E-state index in [1.807, 2.05) is 0 Å². The molecule has 0 aromatic carbocycles. The van der Waals surface area contributed by atoms with Crippen LogP contribution in [0.1, 0.15) is 51.4 Å². The van der Waals surface area contributed by atoms with Crippen LogP contribution in [0.4, 0.5) is 0 Å². The summed E-state index contributed by atoms with van der Waals surface area (Å²) in [5, 5.41) is 18.8. The first kappa shape index (κ1) is 20.6. The molecule has 2 aliphatic carbocycles. The fourth-order valence-corrected chi connectivity index (χ4v) is 5.06. The van der Waals surface area contributed by atoms with E-state index < -0.39 is 35.6 Å². The van der Waals surface area contributed by atoms with Crippen molar-refractivity contribution in [3.63, 3.8) is 0 Å². The zero-order valence-corrected chi connectivity index (χ0v) is 16.2. The highest BCUT2D eigenvalue weighted by Crippen LogP contribution is 2.33. The van der Waals surface area contributed by atoms with Gasteiger partial charge in [0.15, 0.2) is 0 Å². The molecule has 28 heavy (non-hydrogen) atoms. The molecule has 2 saturated carbocycles. The topological polar surface area (TPSA) is 115 Å². The van der Waals surface area contributed by atoms with Gasteiger partial charge in [-0.1, -0.05) is 25.7 Å². The number of hydrogen-bond donors (Lipinski definition) is 2. The third kappa shape index (κ3) is 4.31. The Morgan fingerprint density at radius 2 is 0.821 bits per heavy atom. The number of carboxylic acids is 2. The predicted molar refractivity (Wildman–Crippen MR) is 99.3 cm³/mol. The van der Waals surface area contributed by atoms with Crippen LogP contribution < -0.4 is 0 Å². The summed E-state index contributed by atoms with van der Waals surface area (Å²) < 4.78 is 0. The highest BCUT2D eigenvalue weighted by Gasteiger charge is 2.41. The van der Waals surface area contributed by atoms with Crippen molar-refractivity contribution in [3.05, 3.63) is 0 Å². The van der Waals surface area contributed by atoms with Gasteiger partial charge in [0.05, 0.1) is 23.7 Å². The molecule has 156 valence electrons. The van der Waals surface area contributed by atoms with E-state index in [0.717, 1.165) is 25.7 Å². The fraction of sp³-hybridized carbons (Fsp3) is 0.800. The molecule has 0 aromatic heterocycles. The Morgan fingerprint density at radius 3 is 1.11 bits per heavy atom. The van der Waals surface area contributed by atoms with Gasteiger partial charge in [-0.05, 0) is 25.7 Å². The quantitative estimate of drug-likeness (QED) is 0.745. The van der Waals surface area contributed by atoms with Gasteiger partial charge in [0, 0.05) is 26.2 Å². The van der Waals surface area contributed by atoms with Gasteiger partial charge >= 0.3 is 11.9 Å². The Kier molecular flexibility index (Phi) is 6.57. The van der Waals surface area contributed by atoms with E-state index in [-0.39, 0.29) is 11.8 Å². The number of amides is 2. The summed E-state index contributed by atoms with van der Waals surface area (Å²) in [4.78, 5) is 52.1. The van der Waals surface area contributed by atoms with Crippen molar-refractivity contribution in [2.45, 2.75) is 51.4 Å². The maximum atomic E-state index is 12.9. The molecule has 2 N–H and O–H groups in total. The number of carbonyl (C=O) groups excluding carboxylic acids is 2. The first-order chi connectivity index (χ1) is 13.4. The molecule has 3 aliphatic rings. The summed E-state index contributed by atoms with van der Waals surface area (Å²) in [6.07, 6.45) is 5.73. The third-order valence-corrected chi connectivity index (χ3v) is 6.70. The van der Waals surface area contributed by atoms with Crippen molar-refractivity contribution in [1.29, 1.82) is 0 Å². The Hall–Kier alpha value is -2.12. The smallest absolute Gasteiger partial charge is 0.307 e. The lowest BCUT2D eigenvalue weighted by Gasteiger charge is -2.40. The van der Waals surface area contributed by atoms with Crippen LogP contribution in [-0.2, 0) is 19.2 Å². The second-order valence-corrected chi connectivity index (χ2v) is 8.32. The molecule has 0 spiro atoms. The Labute approximate surface area is 164 Å². The lowest BCUT2D eigenvalue weighted by atomic mass is 9.78. The summed E-state index contributed by atoms with van der Waals surface area (Å²) in [5.74, 6) is -4.18. The minimum atomic E-state index is -0.899. The highest BCUT2D eigenvalue weighted by atomic mass is 16.4. The van der Waals surface area contributed by atoms with Crippen molar-refractivity contribution in [2.75, 3.05) is 26.2 Å². The molecule has 1 aliphatic heterocycles. The van der Waals surface area contributed by atoms with Crippen molar-refractivity contribution in [1.82, 2.24) is 9.80 Å². The third-order valence-electron chi connectivity index (χ3n) is 6.70. The molecule has 0 bridgehead atoms. The molecule has 2 amide bonds. The van der Waals surface area contributed by atoms with E-state index in [9.17, 15) is 29.4 Å². The lowest BCUT2D eigenvalue weighted by Crippen LogP contribution is -2.55. The molecule has 3 rings (SSSR count). The van der Waals surface area contributed by atoms with Crippen molar-refractivity contribution < 1.29 is 29.4 Å². The van der Waals surface area contributed by atoms with Gasteiger partial charge in [0.2, 0.25) is 11.8 Å². The number of hydrogen-bond acceptors (Lipinski definition) is 4. The molecule has 0 radical (unpaired) electrons. The average Bonchev–Trinajstić information content (AvgIpc) is 2.72. The highest BCUT2D eigenvalue weighted by molar-refractivity contribution is 5.86. The van der Waals surface area contributed by atoms with Crippen LogP contribution in [0.3, 0.4) is 0 Å². The summed E-state index contributed by atoms with van der Waals surface area (Å²) >= 11 is 0. The first-order valence-corrected chi connectivity index (χ1v) is 10.4. The van der Waals surface area contributed by atoms with Crippen LogP contribution >= 0.6 is 0 Å². The van der Waals surface area contributed by atoms with Crippen LogP contribution in [0, 0.1) is 23.7 Å². The molecular weight excluding hydrogens is 364 g/mol. The molecule has 1 heterocycles. The van der Waals surface area contributed by atoms with Gasteiger partial charge in [-0.15, -0.1) is 0 Å². The summed E-state index contributed by atoms with van der Waals surface area (Å²) in [5.41, 5.74) is 0. The van der Waals surface area contributed by atoms with Crippen molar-refractivity contribution >= 4 is 23.8 Å². The predicted octanol–water partition coefficient (Wildman–Crippen LogP) is 1.44. The van der Waals surface area contributed by atoms with E-state index in [2.05, 4.69) is 0 Å². The number of rotatable bonds is 4. The standard InChI is InChI=1S/C20H30N2O6/c23-17(13-5-1-3-7-15(13)19(25)26)21-9-11-22(12-10-21)18(24)14-6-2-4-8-16(14)20(27)28/h13-16H,1-12H2,(H,25,26)(H,27,28)/t13-,14+,15+,16-. The van der Waals surface area contributed by atoms with Gasteiger partial charge < -0.3 is 20.0 Å². The van der Waals surface area contributed by atoms with Crippen molar-refractivity contribution in [2.24, 2.45) is 23.7 Å². The maximum absolute atomic E-state index is 12.9. The molecule has 1 saturated heterocycles. The SMILES string of the molecule is O=C(O)[C@H]1CCCC[C@H]1C(=O)N1CCN(C(=O)[C@H]2CCCC[C@H]2C(=O)O)CC1. The summed E-state index contributed by atoms with van der Waals surface area (Å²) in [6, 6.07) is 0. The largest absolute Gasteiger partial charge is 0.481 e. The first-order valence-electron chi connectivity index (χ1n) is 10.4. The molecule has 0 unspecified atom stereocenters. The molecule has 8 nitrogen and oxygen atoms in total. The van der Waals surface area contributed by atoms with Crippen LogP contribution in [0.5, 0.6) is 0 Å². The molecule has 8 heteroatoms. The van der Waals surface area contributed by atoms with E-state index >= 15 is 0 Å². The lowest BCUT2D eigenvalue weighted by molar-refractivity contribution is -0.156. The Bertz CT molecular complexity index is 574. The average molecular weight is 394 g/mol. The number of nitrogens with zero attached hydrogens (tertiary/aromatic N) is 2. The van der Waals surface area contributed by atoms with Crippen LogP contribution in [-0.4, -0.2) is 69.9 Å². The number of carbonyl (C=O) groups is 4. The monoisotopic (exact) mass is 394 g/mol. The summed E-state index contributed by atoms with van der Waals surface area (Å²) in [7, 11) is 0.